The number of carbonyl (C=O) groups excluding carboxylic acids is 3. The molecule has 212 valence electrons. The maximum atomic E-state index is 12.5. The Hall–Kier alpha value is -3.00. The number of rotatable bonds is 18. The van der Waals surface area contributed by atoms with E-state index < -0.39 is 11.9 Å². The normalized spacial score (nSPS) is 10.9. The molecule has 0 aromatic heterocycles. The predicted molar refractivity (Wildman–Crippen MR) is 160 cm³/mol. The van der Waals surface area contributed by atoms with Crippen LogP contribution in [0.25, 0.3) is 0 Å². The third-order valence-corrected chi connectivity index (χ3v) is 6.80. The summed E-state index contributed by atoms with van der Waals surface area (Å²) in [6.45, 7) is 4.03. The van der Waals surface area contributed by atoms with Crippen LogP contribution in [0, 0.1) is 6.92 Å². The van der Waals surface area contributed by atoms with E-state index in [0.717, 1.165) is 29.3 Å². The van der Waals surface area contributed by atoms with Crippen LogP contribution in [0.5, 0.6) is 5.75 Å². The second kappa shape index (κ2) is 19.1. The number of esters is 1. The number of amides is 2. The van der Waals surface area contributed by atoms with E-state index in [1.54, 1.807) is 30.3 Å². The summed E-state index contributed by atoms with van der Waals surface area (Å²) in [5, 5.41) is 6.59. The Balaban J connectivity index is 1.65. The topological polar surface area (TPSA) is 96.9 Å². The average Bonchev–Trinajstić information content (AvgIpc) is 2.92. The van der Waals surface area contributed by atoms with Gasteiger partial charge in [0.2, 0.25) is 5.91 Å². The largest absolute Gasteiger partial charge is 0.422 e. The van der Waals surface area contributed by atoms with Gasteiger partial charge < -0.3 is 10.1 Å². The summed E-state index contributed by atoms with van der Waals surface area (Å²) in [5.41, 5.74) is 4.38. The molecule has 0 radical (unpaired) electrons. The van der Waals surface area contributed by atoms with Gasteiger partial charge >= 0.3 is 5.97 Å². The van der Waals surface area contributed by atoms with Crippen molar-refractivity contribution in [2.24, 2.45) is 5.10 Å². The maximum absolute atomic E-state index is 12.5. The summed E-state index contributed by atoms with van der Waals surface area (Å²) in [4.78, 5) is 36.6. The van der Waals surface area contributed by atoms with E-state index in [9.17, 15) is 14.4 Å². The number of aryl methyl sites for hydroxylation is 1. The molecule has 0 aliphatic carbocycles. The number of hydrogen-bond donors (Lipinski definition) is 2. The Morgan fingerprint density at radius 3 is 2.10 bits per heavy atom. The zero-order valence-corrected chi connectivity index (χ0v) is 24.9. The van der Waals surface area contributed by atoms with E-state index in [4.69, 9.17) is 4.74 Å². The Morgan fingerprint density at radius 1 is 0.846 bits per heavy atom. The van der Waals surface area contributed by atoms with Crippen molar-refractivity contribution in [1.82, 2.24) is 10.7 Å². The Bertz CT molecular complexity index is 1070. The fourth-order valence-corrected chi connectivity index (χ4v) is 4.37. The van der Waals surface area contributed by atoms with Crippen LogP contribution in [0.3, 0.4) is 0 Å². The first-order valence-corrected chi connectivity index (χ1v) is 14.9. The highest BCUT2D eigenvalue weighted by molar-refractivity contribution is 9.10. The summed E-state index contributed by atoms with van der Waals surface area (Å²) < 4.78 is 6.30. The molecule has 0 heterocycles. The van der Waals surface area contributed by atoms with Crippen LogP contribution < -0.4 is 15.5 Å². The molecule has 0 aliphatic rings. The molecule has 2 N–H and O–H groups in total. The Kier molecular flexibility index (Phi) is 15.8. The van der Waals surface area contributed by atoms with E-state index in [2.05, 4.69) is 38.7 Å². The molecule has 0 saturated heterocycles. The monoisotopic (exact) mass is 599 g/mol. The van der Waals surface area contributed by atoms with E-state index in [1.165, 1.54) is 57.6 Å². The molecule has 2 aromatic rings. The molecular weight excluding hydrogens is 558 g/mol. The molecule has 2 rings (SSSR count). The van der Waals surface area contributed by atoms with Crippen molar-refractivity contribution < 1.29 is 19.1 Å². The molecular formula is C31H42BrN3O4. The molecule has 0 atom stereocenters. The smallest absolute Gasteiger partial charge is 0.343 e. The Labute approximate surface area is 241 Å². The lowest BCUT2D eigenvalue weighted by Gasteiger charge is -2.08. The minimum Gasteiger partial charge on any atom is -0.422 e. The van der Waals surface area contributed by atoms with Crippen molar-refractivity contribution in [3.63, 3.8) is 0 Å². The van der Waals surface area contributed by atoms with Crippen molar-refractivity contribution in [3.8, 4) is 5.75 Å². The van der Waals surface area contributed by atoms with Gasteiger partial charge in [-0.2, -0.15) is 5.10 Å². The molecule has 39 heavy (non-hydrogen) atoms. The molecule has 0 saturated carbocycles. The molecule has 2 aromatic carbocycles. The van der Waals surface area contributed by atoms with Gasteiger partial charge in [-0.15, -0.1) is 0 Å². The lowest BCUT2D eigenvalue weighted by molar-refractivity contribution is -0.126. The number of nitrogens with zero attached hydrogens (tertiary/aromatic N) is 1. The summed E-state index contributed by atoms with van der Waals surface area (Å²) in [7, 11) is 0. The van der Waals surface area contributed by atoms with Gasteiger partial charge in [-0.05, 0) is 43.7 Å². The number of nitrogens with one attached hydrogen (secondary N) is 2. The van der Waals surface area contributed by atoms with Gasteiger partial charge in [-0.25, -0.2) is 10.2 Å². The van der Waals surface area contributed by atoms with Gasteiger partial charge in [0, 0.05) is 16.5 Å². The summed E-state index contributed by atoms with van der Waals surface area (Å²) in [5.74, 6) is -0.757. The molecule has 0 fully saturated rings. The van der Waals surface area contributed by atoms with Crippen molar-refractivity contribution in [3.05, 3.63) is 63.6 Å². The van der Waals surface area contributed by atoms with Crippen LogP contribution in [0.2, 0.25) is 0 Å². The third-order valence-electron chi connectivity index (χ3n) is 6.31. The van der Waals surface area contributed by atoms with E-state index in [-0.39, 0.29) is 12.5 Å². The van der Waals surface area contributed by atoms with Crippen LogP contribution in [0.1, 0.15) is 105 Å². The van der Waals surface area contributed by atoms with E-state index >= 15 is 0 Å². The van der Waals surface area contributed by atoms with Gasteiger partial charge in [0.1, 0.15) is 5.75 Å². The molecule has 2 amide bonds. The molecule has 0 aliphatic heterocycles. The summed E-state index contributed by atoms with van der Waals surface area (Å²) in [6, 6.07) is 12.2. The van der Waals surface area contributed by atoms with Crippen LogP contribution in [-0.4, -0.2) is 30.5 Å². The summed E-state index contributed by atoms with van der Waals surface area (Å²) in [6.07, 6.45) is 15.3. The fourth-order valence-electron chi connectivity index (χ4n) is 3.99. The van der Waals surface area contributed by atoms with Crippen molar-refractivity contribution in [2.45, 2.75) is 90.9 Å². The van der Waals surface area contributed by atoms with E-state index in [0.29, 0.717) is 23.3 Å². The van der Waals surface area contributed by atoms with Gasteiger partial charge in [0.25, 0.3) is 5.91 Å². The SMILES string of the molecule is CCCCCCCCCCCCCC(=O)NCC(=O)N/N=C\c1cc(Br)ccc1OC(=O)c1ccc(C)cc1. The second-order valence-corrected chi connectivity index (χ2v) is 10.7. The number of hydrogen-bond acceptors (Lipinski definition) is 5. The first kappa shape index (κ1) is 32.2. The second-order valence-electron chi connectivity index (χ2n) is 9.79. The number of ether oxygens (including phenoxy) is 1. The summed E-state index contributed by atoms with van der Waals surface area (Å²) >= 11 is 3.39. The van der Waals surface area contributed by atoms with Crippen molar-refractivity contribution >= 4 is 39.9 Å². The van der Waals surface area contributed by atoms with Crippen LogP contribution in [0.4, 0.5) is 0 Å². The number of carbonyl (C=O) groups is 3. The van der Waals surface area contributed by atoms with Crippen molar-refractivity contribution in [2.75, 3.05) is 6.54 Å². The van der Waals surface area contributed by atoms with Crippen LogP contribution in [-0.2, 0) is 9.59 Å². The molecule has 8 heteroatoms. The predicted octanol–water partition coefficient (Wildman–Crippen LogP) is 7.24. The lowest BCUT2D eigenvalue weighted by atomic mass is 10.1. The lowest BCUT2D eigenvalue weighted by Crippen LogP contribution is -2.34. The highest BCUT2D eigenvalue weighted by atomic mass is 79.9. The molecule has 0 unspecified atom stereocenters. The molecule has 0 spiro atoms. The highest BCUT2D eigenvalue weighted by Gasteiger charge is 2.12. The van der Waals surface area contributed by atoms with E-state index in [1.807, 2.05) is 19.1 Å². The van der Waals surface area contributed by atoms with Gasteiger partial charge in [0.05, 0.1) is 18.3 Å². The van der Waals surface area contributed by atoms with Gasteiger partial charge in [-0.1, -0.05) is 105 Å². The maximum Gasteiger partial charge on any atom is 0.343 e. The van der Waals surface area contributed by atoms with Crippen LogP contribution >= 0.6 is 15.9 Å². The number of benzene rings is 2. The number of unbranched alkanes of at least 4 members (excludes halogenated alkanes) is 10. The molecule has 0 bridgehead atoms. The average molecular weight is 601 g/mol. The number of halogens is 1. The fraction of sp³-hybridized carbons (Fsp3) is 0.484. The number of hydrazone groups is 1. The van der Waals surface area contributed by atoms with Crippen LogP contribution in [0.15, 0.2) is 52.0 Å². The first-order chi connectivity index (χ1) is 18.9. The van der Waals surface area contributed by atoms with Gasteiger partial charge in [0.15, 0.2) is 0 Å². The molecule has 7 nitrogen and oxygen atoms in total. The first-order valence-electron chi connectivity index (χ1n) is 14.1. The Morgan fingerprint density at radius 2 is 1.46 bits per heavy atom. The minimum atomic E-state index is -0.489. The highest BCUT2D eigenvalue weighted by Crippen LogP contribution is 2.23. The quantitative estimate of drug-likeness (QED) is 0.0620. The van der Waals surface area contributed by atoms with Crippen molar-refractivity contribution in [1.29, 1.82) is 0 Å². The van der Waals surface area contributed by atoms with Gasteiger partial charge in [-0.3, -0.25) is 9.59 Å². The minimum absolute atomic E-state index is 0.137. The zero-order valence-electron chi connectivity index (χ0n) is 23.3. The zero-order chi connectivity index (χ0) is 28.3. The third kappa shape index (κ3) is 14.1. The standard InChI is InChI=1S/C31H42BrN3O4/c1-3-4-5-6-7-8-9-10-11-12-13-14-29(36)33-23-30(37)35-34-22-26-21-27(32)19-20-28(26)39-31(38)25-17-15-24(2)16-18-25/h15-22H,3-14,23H2,1-2H3,(H,33,36)(H,35,37)/b34-22-.